The van der Waals surface area contributed by atoms with Crippen LogP contribution in [0.1, 0.15) is 17.2 Å². The van der Waals surface area contributed by atoms with E-state index in [9.17, 15) is 5.11 Å². The van der Waals surface area contributed by atoms with Crippen LogP contribution in [0.25, 0.3) is 10.8 Å². The SMILES string of the molecule is COc1ccc(OC)c2c1CN(c1cc3ccccc3c(Cl)n1)C[C@@H]2O. The van der Waals surface area contributed by atoms with E-state index in [0.29, 0.717) is 24.0 Å². The molecule has 0 radical (unpaired) electrons. The van der Waals surface area contributed by atoms with Gasteiger partial charge in [0.2, 0.25) is 0 Å². The van der Waals surface area contributed by atoms with E-state index in [2.05, 4.69) is 4.98 Å². The molecule has 0 bridgehead atoms. The quantitative estimate of drug-likeness (QED) is 0.707. The molecule has 2 aromatic carbocycles. The summed E-state index contributed by atoms with van der Waals surface area (Å²) in [5, 5.41) is 13.2. The van der Waals surface area contributed by atoms with Crippen LogP contribution >= 0.6 is 11.6 Å². The van der Waals surface area contributed by atoms with Crippen LogP contribution in [0, 0.1) is 0 Å². The number of aliphatic hydroxyl groups excluding tert-OH is 1. The lowest BCUT2D eigenvalue weighted by Gasteiger charge is -2.34. The maximum absolute atomic E-state index is 10.8. The molecule has 0 saturated heterocycles. The number of aromatic nitrogens is 1. The molecule has 0 aliphatic carbocycles. The number of hydrogen-bond donors (Lipinski definition) is 1. The third kappa shape index (κ3) is 2.73. The molecule has 2 heterocycles. The minimum atomic E-state index is -0.712. The molecule has 4 rings (SSSR count). The van der Waals surface area contributed by atoms with Crippen molar-refractivity contribution in [3.05, 3.63) is 58.7 Å². The predicted molar refractivity (Wildman–Crippen MR) is 102 cm³/mol. The van der Waals surface area contributed by atoms with Crippen molar-refractivity contribution in [1.29, 1.82) is 0 Å². The number of aliphatic hydroxyl groups is 1. The van der Waals surface area contributed by atoms with E-state index >= 15 is 0 Å². The fourth-order valence-corrected chi connectivity index (χ4v) is 3.81. The van der Waals surface area contributed by atoms with Gasteiger partial charge in [-0.2, -0.15) is 0 Å². The fourth-order valence-electron chi connectivity index (χ4n) is 3.56. The highest BCUT2D eigenvalue weighted by Gasteiger charge is 2.30. The molecule has 5 nitrogen and oxygen atoms in total. The Balaban J connectivity index is 1.80. The Bertz CT molecular complexity index is 977. The van der Waals surface area contributed by atoms with Crippen molar-refractivity contribution in [2.45, 2.75) is 12.6 Å². The van der Waals surface area contributed by atoms with Crippen LogP contribution in [0.15, 0.2) is 42.5 Å². The highest BCUT2D eigenvalue weighted by atomic mass is 35.5. The van der Waals surface area contributed by atoms with E-state index in [1.165, 1.54) is 0 Å². The summed E-state index contributed by atoms with van der Waals surface area (Å²) in [5.74, 6) is 2.11. The third-order valence-electron chi connectivity index (χ3n) is 4.79. The molecule has 3 aromatic rings. The molecule has 26 heavy (non-hydrogen) atoms. The Morgan fingerprint density at radius 2 is 1.85 bits per heavy atom. The number of hydrogen-bond acceptors (Lipinski definition) is 5. The van der Waals surface area contributed by atoms with Gasteiger partial charge in [0.25, 0.3) is 0 Å². The number of rotatable bonds is 3. The average Bonchev–Trinajstić information content (AvgIpc) is 2.67. The van der Waals surface area contributed by atoms with Crippen LogP contribution < -0.4 is 14.4 Å². The van der Waals surface area contributed by atoms with Gasteiger partial charge >= 0.3 is 0 Å². The highest BCUT2D eigenvalue weighted by Crippen LogP contribution is 2.41. The van der Waals surface area contributed by atoms with Crippen LogP contribution in [0.5, 0.6) is 11.5 Å². The van der Waals surface area contributed by atoms with Crippen molar-refractivity contribution in [3.63, 3.8) is 0 Å². The summed E-state index contributed by atoms with van der Waals surface area (Å²) >= 11 is 6.38. The number of pyridine rings is 1. The Hall–Kier alpha value is -2.50. The molecular formula is C20H19ClN2O3. The van der Waals surface area contributed by atoms with E-state index in [4.69, 9.17) is 21.1 Å². The first-order valence-corrected chi connectivity index (χ1v) is 8.72. The van der Waals surface area contributed by atoms with Crippen molar-refractivity contribution in [1.82, 2.24) is 4.98 Å². The van der Waals surface area contributed by atoms with Gasteiger partial charge in [0.1, 0.15) is 28.6 Å². The van der Waals surface area contributed by atoms with E-state index in [0.717, 1.165) is 33.5 Å². The molecule has 6 heteroatoms. The molecule has 134 valence electrons. The van der Waals surface area contributed by atoms with Crippen LogP contribution in [-0.2, 0) is 6.54 Å². The smallest absolute Gasteiger partial charge is 0.139 e. The first-order chi connectivity index (χ1) is 12.6. The molecule has 1 aliphatic rings. The first-order valence-electron chi connectivity index (χ1n) is 8.34. The second-order valence-corrected chi connectivity index (χ2v) is 6.61. The largest absolute Gasteiger partial charge is 0.496 e. The summed E-state index contributed by atoms with van der Waals surface area (Å²) in [4.78, 5) is 6.55. The lowest BCUT2D eigenvalue weighted by Crippen LogP contribution is -2.34. The highest BCUT2D eigenvalue weighted by molar-refractivity contribution is 6.34. The number of fused-ring (bicyclic) bond motifs is 2. The van der Waals surface area contributed by atoms with Gasteiger partial charge in [-0.1, -0.05) is 35.9 Å². The number of nitrogens with zero attached hydrogens (tertiary/aromatic N) is 2. The maximum atomic E-state index is 10.8. The lowest BCUT2D eigenvalue weighted by atomic mass is 9.95. The Morgan fingerprint density at radius 1 is 1.12 bits per heavy atom. The summed E-state index contributed by atoms with van der Waals surface area (Å²) in [6, 6.07) is 13.5. The van der Waals surface area contributed by atoms with Crippen molar-refractivity contribution in [2.75, 3.05) is 25.7 Å². The molecule has 0 fully saturated rings. The summed E-state index contributed by atoms with van der Waals surface area (Å²) in [5.41, 5.74) is 1.67. The molecule has 1 N–H and O–H groups in total. The van der Waals surface area contributed by atoms with Gasteiger partial charge in [0.05, 0.1) is 20.8 Å². The van der Waals surface area contributed by atoms with Gasteiger partial charge in [-0.15, -0.1) is 0 Å². The average molecular weight is 371 g/mol. The molecule has 0 saturated carbocycles. The van der Waals surface area contributed by atoms with E-state index < -0.39 is 6.10 Å². The van der Waals surface area contributed by atoms with Gasteiger partial charge in [0, 0.05) is 23.1 Å². The van der Waals surface area contributed by atoms with Crippen molar-refractivity contribution >= 4 is 28.2 Å². The monoisotopic (exact) mass is 370 g/mol. The number of halogens is 1. The standard InChI is InChI=1S/C20H19ClN2O3/c1-25-16-7-8-17(26-2)19-14(16)10-23(11-15(19)24)18-9-12-5-3-4-6-13(12)20(21)22-18/h3-9,15,24H,10-11H2,1-2H3/t15-/m0/s1. The summed E-state index contributed by atoms with van der Waals surface area (Å²) < 4.78 is 10.9. The Morgan fingerprint density at radius 3 is 2.62 bits per heavy atom. The zero-order valence-electron chi connectivity index (χ0n) is 14.6. The zero-order valence-corrected chi connectivity index (χ0v) is 15.3. The fraction of sp³-hybridized carbons (Fsp3) is 0.250. The molecule has 1 aromatic heterocycles. The van der Waals surface area contributed by atoms with E-state index in [-0.39, 0.29) is 0 Å². The Kier molecular flexibility index (Phi) is 4.34. The summed E-state index contributed by atoms with van der Waals surface area (Å²) in [7, 11) is 3.23. The predicted octanol–water partition coefficient (Wildman–Crippen LogP) is 3.96. The van der Waals surface area contributed by atoms with E-state index in [1.54, 1.807) is 14.2 Å². The van der Waals surface area contributed by atoms with Gasteiger partial charge in [-0.3, -0.25) is 0 Å². The lowest BCUT2D eigenvalue weighted by molar-refractivity contribution is 0.169. The number of benzene rings is 2. The molecule has 1 aliphatic heterocycles. The van der Waals surface area contributed by atoms with Crippen molar-refractivity contribution < 1.29 is 14.6 Å². The Labute approximate surface area is 156 Å². The summed E-state index contributed by atoms with van der Waals surface area (Å²) in [6.45, 7) is 0.951. The number of methoxy groups -OCH3 is 2. The van der Waals surface area contributed by atoms with Crippen LogP contribution in [0.4, 0.5) is 5.82 Å². The zero-order chi connectivity index (χ0) is 18.3. The molecule has 1 atom stereocenters. The minimum Gasteiger partial charge on any atom is -0.496 e. The summed E-state index contributed by atoms with van der Waals surface area (Å²) in [6.07, 6.45) is -0.712. The molecular weight excluding hydrogens is 352 g/mol. The van der Waals surface area contributed by atoms with Crippen molar-refractivity contribution in [3.8, 4) is 11.5 Å². The molecule has 0 spiro atoms. The first kappa shape index (κ1) is 16.9. The van der Waals surface area contributed by atoms with Gasteiger partial charge in [-0.05, 0) is 23.6 Å². The van der Waals surface area contributed by atoms with Crippen LogP contribution in [0.3, 0.4) is 0 Å². The van der Waals surface area contributed by atoms with E-state index in [1.807, 2.05) is 47.4 Å². The third-order valence-corrected chi connectivity index (χ3v) is 5.08. The van der Waals surface area contributed by atoms with Crippen LogP contribution in [0.2, 0.25) is 5.15 Å². The normalized spacial score (nSPS) is 16.5. The van der Waals surface area contributed by atoms with Gasteiger partial charge < -0.3 is 19.5 Å². The van der Waals surface area contributed by atoms with Crippen LogP contribution in [-0.4, -0.2) is 30.9 Å². The van der Waals surface area contributed by atoms with Gasteiger partial charge in [-0.25, -0.2) is 4.98 Å². The van der Waals surface area contributed by atoms with Crippen molar-refractivity contribution in [2.24, 2.45) is 0 Å². The number of anilines is 1. The second kappa shape index (κ2) is 6.67. The number of ether oxygens (including phenoxy) is 2. The molecule has 0 unspecified atom stereocenters. The minimum absolute atomic E-state index is 0.401. The second-order valence-electron chi connectivity index (χ2n) is 6.25. The molecule has 0 amide bonds. The van der Waals surface area contributed by atoms with Gasteiger partial charge in [0.15, 0.2) is 0 Å². The number of β-amino-alcohol motifs (C(OH)–C–C–N with tert-alkyl or cyclic N) is 1. The topological polar surface area (TPSA) is 54.8 Å². The maximum Gasteiger partial charge on any atom is 0.139 e.